The first-order valence-corrected chi connectivity index (χ1v) is 7.97. The van der Waals surface area contributed by atoms with E-state index in [1.54, 1.807) is 30.2 Å². The topological polar surface area (TPSA) is 42.4 Å². The predicted molar refractivity (Wildman–Crippen MR) is 94.5 cm³/mol. The molecule has 1 amide bonds. The number of para-hydroxylation sites is 2. The van der Waals surface area contributed by atoms with Crippen LogP contribution in [-0.4, -0.2) is 24.5 Å². The number of hydrogen-bond acceptors (Lipinski definition) is 4. The molecule has 0 aliphatic heterocycles. The van der Waals surface area contributed by atoms with Crippen molar-refractivity contribution in [2.45, 2.75) is 0 Å². The SMILES string of the molecule is C=CCN(C(=O)c1ccccc1OC)c1nc2ccccc2s1. The maximum Gasteiger partial charge on any atom is 0.264 e. The molecule has 0 bridgehead atoms. The molecule has 0 unspecified atom stereocenters. The van der Waals surface area contributed by atoms with Crippen molar-refractivity contribution in [3.8, 4) is 5.75 Å². The van der Waals surface area contributed by atoms with Gasteiger partial charge in [0.2, 0.25) is 0 Å². The Labute approximate surface area is 138 Å². The lowest BCUT2D eigenvalue weighted by Gasteiger charge is -2.19. The minimum atomic E-state index is -0.151. The van der Waals surface area contributed by atoms with Gasteiger partial charge in [0.15, 0.2) is 5.13 Å². The summed E-state index contributed by atoms with van der Waals surface area (Å²) in [6.45, 7) is 4.14. The van der Waals surface area contributed by atoms with Gasteiger partial charge in [-0.15, -0.1) is 6.58 Å². The molecule has 0 fully saturated rings. The summed E-state index contributed by atoms with van der Waals surface area (Å²) in [5.74, 6) is 0.397. The Hall–Kier alpha value is -2.66. The average molecular weight is 324 g/mol. The van der Waals surface area contributed by atoms with E-state index in [0.717, 1.165) is 10.2 Å². The fourth-order valence-electron chi connectivity index (χ4n) is 2.32. The lowest BCUT2D eigenvalue weighted by Crippen LogP contribution is -2.31. The van der Waals surface area contributed by atoms with Crippen molar-refractivity contribution in [1.82, 2.24) is 4.98 Å². The summed E-state index contributed by atoms with van der Waals surface area (Å²) in [4.78, 5) is 19.1. The first-order chi connectivity index (χ1) is 11.2. The van der Waals surface area contributed by atoms with E-state index in [9.17, 15) is 4.79 Å². The molecule has 0 aliphatic carbocycles. The number of nitrogens with zero attached hydrogens (tertiary/aromatic N) is 2. The van der Waals surface area contributed by atoms with Crippen molar-refractivity contribution >= 4 is 32.6 Å². The molecular weight excluding hydrogens is 308 g/mol. The lowest BCUT2D eigenvalue weighted by atomic mass is 10.2. The molecule has 1 aromatic heterocycles. The van der Waals surface area contributed by atoms with Crippen LogP contribution >= 0.6 is 11.3 Å². The van der Waals surface area contributed by atoms with Gasteiger partial charge in [0.05, 0.1) is 22.9 Å². The molecule has 0 N–H and O–H groups in total. The Kier molecular flexibility index (Phi) is 4.39. The highest BCUT2D eigenvalue weighted by molar-refractivity contribution is 7.22. The van der Waals surface area contributed by atoms with Crippen LogP contribution in [0.15, 0.2) is 61.2 Å². The molecule has 0 atom stereocenters. The van der Waals surface area contributed by atoms with Gasteiger partial charge >= 0.3 is 0 Å². The van der Waals surface area contributed by atoms with E-state index < -0.39 is 0 Å². The number of aromatic nitrogens is 1. The van der Waals surface area contributed by atoms with Gasteiger partial charge in [-0.05, 0) is 24.3 Å². The second-order valence-corrected chi connectivity index (χ2v) is 5.88. The fraction of sp³-hybridized carbons (Fsp3) is 0.111. The van der Waals surface area contributed by atoms with E-state index in [2.05, 4.69) is 11.6 Å². The van der Waals surface area contributed by atoms with Crippen LogP contribution < -0.4 is 9.64 Å². The van der Waals surface area contributed by atoms with Gasteiger partial charge in [-0.1, -0.05) is 41.7 Å². The molecule has 5 heteroatoms. The number of ether oxygens (including phenoxy) is 1. The number of amides is 1. The van der Waals surface area contributed by atoms with Crippen LogP contribution in [0.5, 0.6) is 5.75 Å². The van der Waals surface area contributed by atoms with Crippen molar-refractivity contribution in [2.24, 2.45) is 0 Å². The molecule has 2 aromatic carbocycles. The minimum Gasteiger partial charge on any atom is -0.496 e. The first-order valence-electron chi connectivity index (χ1n) is 7.16. The third-order valence-corrected chi connectivity index (χ3v) is 4.47. The van der Waals surface area contributed by atoms with Gasteiger partial charge in [0, 0.05) is 6.54 Å². The number of carbonyl (C=O) groups is 1. The number of rotatable bonds is 5. The van der Waals surface area contributed by atoms with Gasteiger partial charge in [0.25, 0.3) is 5.91 Å². The summed E-state index contributed by atoms with van der Waals surface area (Å²) in [7, 11) is 1.56. The highest BCUT2D eigenvalue weighted by atomic mass is 32.1. The summed E-state index contributed by atoms with van der Waals surface area (Å²) in [5, 5.41) is 0.655. The number of benzene rings is 2. The van der Waals surface area contributed by atoms with Crippen molar-refractivity contribution in [3.05, 3.63) is 66.7 Å². The van der Waals surface area contributed by atoms with E-state index >= 15 is 0 Å². The Balaban J connectivity index is 2.04. The van der Waals surface area contributed by atoms with Crippen LogP contribution in [-0.2, 0) is 0 Å². The zero-order valence-electron chi connectivity index (χ0n) is 12.7. The maximum atomic E-state index is 13.0. The van der Waals surface area contributed by atoms with Crippen molar-refractivity contribution in [1.29, 1.82) is 0 Å². The number of anilines is 1. The van der Waals surface area contributed by atoms with E-state index in [1.807, 2.05) is 36.4 Å². The Bertz CT molecular complexity index is 824. The smallest absolute Gasteiger partial charge is 0.264 e. The molecule has 0 spiro atoms. The monoisotopic (exact) mass is 324 g/mol. The molecule has 0 radical (unpaired) electrons. The summed E-state index contributed by atoms with van der Waals surface area (Å²) in [5.41, 5.74) is 1.39. The van der Waals surface area contributed by atoms with E-state index in [-0.39, 0.29) is 5.91 Å². The number of carbonyl (C=O) groups excluding carboxylic acids is 1. The van der Waals surface area contributed by atoms with Gasteiger partial charge in [-0.2, -0.15) is 0 Å². The normalized spacial score (nSPS) is 10.5. The number of methoxy groups -OCH3 is 1. The van der Waals surface area contributed by atoms with E-state index in [0.29, 0.717) is 23.0 Å². The summed E-state index contributed by atoms with van der Waals surface area (Å²) >= 11 is 1.49. The van der Waals surface area contributed by atoms with Crippen LogP contribution in [0.2, 0.25) is 0 Å². The highest BCUT2D eigenvalue weighted by Crippen LogP contribution is 2.30. The fourth-order valence-corrected chi connectivity index (χ4v) is 3.29. The van der Waals surface area contributed by atoms with Crippen molar-refractivity contribution in [3.63, 3.8) is 0 Å². The summed E-state index contributed by atoms with van der Waals surface area (Å²) in [6.07, 6.45) is 1.69. The maximum absolute atomic E-state index is 13.0. The number of fused-ring (bicyclic) bond motifs is 1. The Morgan fingerprint density at radius 1 is 1.26 bits per heavy atom. The predicted octanol–water partition coefficient (Wildman–Crippen LogP) is 4.14. The molecule has 1 heterocycles. The number of hydrogen-bond donors (Lipinski definition) is 0. The largest absolute Gasteiger partial charge is 0.496 e. The Morgan fingerprint density at radius 2 is 2.00 bits per heavy atom. The van der Waals surface area contributed by atoms with Crippen LogP contribution in [0.25, 0.3) is 10.2 Å². The second kappa shape index (κ2) is 6.62. The molecule has 23 heavy (non-hydrogen) atoms. The molecule has 3 rings (SSSR count). The standard InChI is InChI=1S/C18H16N2O2S/c1-3-12-20(17(21)13-8-4-6-10-15(13)22-2)18-19-14-9-5-7-11-16(14)23-18/h3-11H,1,12H2,2H3. The van der Waals surface area contributed by atoms with Gasteiger partial charge in [-0.25, -0.2) is 4.98 Å². The lowest BCUT2D eigenvalue weighted by molar-refractivity contribution is 0.0987. The Morgan fingerprint density at radius 3 is 2.74 bits per heavy atom. The molecule has 0 saturated carbocycles. The van der Waals surface area contributed by atoms with Gasteiger partial charge < -0.3 is 4.74 Å². The van der Waals surface area contributed by atoms with Crippen LogP contribution in [0.4, 0.5) is 5.13 Å². The van der Waals surface area contributed by atoms with Crippen LogP contribution in [0.1, 0.15) is 10.4 Å². The summed E-state index contributed by atoms with van der Waals surface area (Å²) < 4.78 is 6.34. The van der Waals surface area contributed by atoms with Crippen LogP contribution in [0, 0.1) is 0 Å². The number of thiazole rings is 1. The molecule has 3 aromatic rings. The molecule has 0 aliphatic rings. The minimum absolute atomic E-state index is 0.151. The average Bonchev–Trinajstić information content (AvgIpc) is 3.02. The van der Waals surface area contributed by atoms with Crippen LogP contribution in [0.3, 0.4) is 0 Å². The van der Waals surface area contributed by atoms with Gasteiger partial charge in [0.1, 0.15) is 5.75 Å². The molecule has 0 saturated heterocycles. The zero-order chi connectivity index (χ0) is 16.2. The highest BCUT2D eigenvalue weighted by Gasteiger charge is 2.22. The second-order valence-electron chi connectivity index (χ2n) is 4.87. The van der Waals surface area contributed by atoms with E-state index in [4.69, 9.17) is 4.74 Å². The summed E-state index contributed by atoms with van der Waals surface area (Å²) in [6, 6.07) is 15.0. The zero-order valence-corrected chi connectivity index (χ0v) is 13.5. The third kappa shape index (κ3) is 2.96. The van der Waals surface area contributed by atoms with Gasteiger partial charge in [-0.3, -0.25) is 9.69 Å². The molecule has 116 valence electrons. The molecule has 4 nitrogen and oxygen atoms in total. The molecular formula is C18H16N2O2S. The first kappa shape index (κ1) is 15.2. The van der Waals surface area contributed by atoms with Crippen molar-refractivity contribution < 1.29 is 9.53 Å². The van der Waals surface area contributed by atoms with E-state index in [1.165, 1.54) is 11.3 Å². The van der Waals surface area contributed by atoms with Crippen molar-refractivity contribution in [2.75, 3.05) is 18.6 Å². The quantitative estimate of drug-likeness (QED) is 0.663. The third-order valence-electron chi connectivity index (χ3n) is 3.41.